The van der Waals surface area contributed by atoms with Crippen molar-refractivity contribution in [3.05, 3.63) is 24.3 Å². The summed E-state index contributed by atoms with van der Waals surface area (Å²) in [4.78, 5) is 8.54. The summed E-state index contributed by atoms with van der Waals surface area (Å²) < 4.78 is 0. The van der Waals surface area contributed by atoms with E-state index in [4.69, 9.17) is 0 Å². The molecule has 0 unspecified atom stereocenters. The predicted octanol–water partition coefficient (Wildman–Crippen LogP) is 3.10. The smallest absolute Gasteiger partial charge is 0.0753 e. The van der Waals surface area contributed by atoms with Crippen LogP contribution in [0, 0.1) is 11.8 Å². The number of hydrogen-bond donors (Lipinski definition) is 1. The van der Waals surface area contributed by atoms with Gasteiger partial charge in [-0.05, 0) is 44.4 Å². The molecule has 3 rings (SSSR count). The molecule has 1 heterocycles. The van der Waals surface area contributed by atoms with E-state index in [0.717, 1.165) is 17.5 Å². The first-order valence-corrected chi connectivity index (χ1v) is 7.35. The van der Waals surface area contributed by atoms with Crippen molar-refractivity contribution >= 4 is 0 Å². The van der Waals surface area contributed by atoms with Crippen LogP contribution in [0.3, 0.4) is 0 Å². The summed E-state index contributed by atoms with van der Waals surface area (Å²) in [6.45, 7) is 2.20. The average Bonchev–Trinajstić information content (AvgIpc) is 3.24. The van der Waals surface area contributed by atoms with E-state index in [9.17, 15) is 0 Å². The molecule has 98 valence electrons. The lowest BCUT2D eigenvalue weighted by atomic mass is 9.82. The lowest BCUT2D eigenvalue weighted by molar-refractivity contribution is 0.248. The Labute approximate surface area is 109 Å². The van der Waals surface area contributed by atoms with Gasteiger partial charge in [0, 0.05) is 30.7 Å². The second-order valence-corrected chi connectivity index (χ2v) is 5.98. The lowest BCUT2D eigenvalue weighted by Crippen LogP contribution is -2.36. The van der Waals surface area contributed by atoms with Gasteiger partial charge in [-0.25, -0.2) is 0 Å². The van der Waals surface area contributed by atoms with Crippen LogP contribution in [0.4, 0.5) is 0 Å². The number of aromatic nitrogens is 2. The van der Waals surface area contributed by atoms with Gasteiger partial charge < -0.3 is 5.32 Å². The highest BCUT2D eigenvalue weighted by Gasteiger charge is 2.34. The molecule has 0 aliphatic heterocycles. The minimum Gasteiger partial charge on any atom is -0.306 e. The summed E-state index contributed by atoms with van der Waals surface area (Å²) in [6.07, 6.45) is 13.9. The third-order valence-electron chi connectivity index (χ3n) is 4.52. The minimum atomic E-state index is 0.321. The second kappa shape index (κ2) is 5.35. The van der Waals surface area contributed by atoms with Crippen LogP contribution in [0.25, 0.3) is 0 Å². The molecule has 2 aliphatic carbocycles. The maximum atomic E-state index is 4.39. The van der Waals surface area contributed by atoms with Gasteiger partial charge in [-0.1, -0.05) is 12.8 Å². The van der Waals surface area contributed by atoms with Crippen molar-refractivity contribution in [2.75, 3.05) is 0 Å². The van der Waals surface area contributed by atoms with Crippen molar-refractivity contribution in [2.45, 2.75) is 57.5 Å². The molecule has 0 bridgehead atoms. The summed E-state index contributed by atoms with van der Waals surface area (Å²) in [5, 5.41) is 3.75. The Balaban J connectivity index is 1.55. The van der Waals surface area contributed by atoms with Crippen molar-refractivity contribution < 1.29 is 0 Å². The Morgan fingerprint density at radius 3 is 2.78 bits per heavy atom. The van der Waals surface area contributed by atoms with Crippen LogP contribution in [-0.4, -0.2) is 16.0 Å². The highest BCUT2D eigenvalue weighted by molar-refractivity contribution is 5.01. The average molecular weight is 245 g/mol. The van der Waals surface area contributed by atoms with Gasteiger partial charge >= 0.3 is 0 Å². The van der Waals surface area contributed by atoms with E-state index in [1.165, 1.54) is 38.5 Å². The lowest BCUT2D eigenvalue weighted by Gasteiger charge is -2.31. The van der Waals surface area contributed by atoms with E-state index in [-0.39, 0.29) is 0 Å². The number of hydrogen-bond acceptors (Lipinski definition) is 3. The first-order valence-electron chi connectivity index (χ1n) is 7.35. The van der Waals surface area contributed by atoms with E-state index >= 15 is 0 Å². The zero-order chi connectivity index (χ0) is 12.4. The molecule has 18 heavy (non-hydrogen) atoms. The monoisotopic (exact) mass is 245 g/mol. The molecule has 0 spiro atoms. The van der Waals surface area contributed by atoms with Crippen LogP contribution in [0.1, 0.15) is 57.2 Å². The van der Waals surface area contributed by atoms with Crippen LogP contribution in [-0.2, 0) is 0 Å². The third kappa shape index (κ3) is 2.89. The molecule has 0 saturated heterocycles. The van der Waals surface area contributed by atoms with Gasteiger partial charge in [0.1, 0.15) is 0 Å². The molecular formula is C15H23N3. The van der Waals surface area contributed by atoms with Gasteiger partial charge in [0.05, 0.1) is 5.69 Å². The predicted molar refractivity (Wildman–Crippen MR) is 72.1 cm³/mol. The van der Waals surface area contributed by atoms with Crippen LogP contribution in [0.5, 0.6) is 0 Å². The summed E-state index contributed by atoms with van der Waals surface area (Å²) in [5.74, 6) is 2.05. The molecule has 3 nitrogen and oxygen atoms in total. The molecule has 0 aromatic carbocycles. The number of nitrogens with zero attached hydrogens (tertiary/aromatic N) is 2. The largest absolute Gasteiger partial charge is 0.306 e. The molecule has 2 fully saturated rings. The van der Waals surface area contributed by atoms with Crippen molar-refractivity contribution in [2.24, 2.45) is 11.8 Å². The maximum absolute atomic E-state index is 4.39. The van der Waals surface area contributed by atoms with Crippen molar-refractivity contribution in [3.8, 4) is 0 Å². The van der Waals surface area contributed by atoms with Crippen LogP contribution < -0.4 is 5.32 Å². The van der Waals surface area contributed by atoms with Crippen LogP contribution >= 0.6 is 0 Å². The molecule has 0 radical (unpaired) electrons. The molecule has 1 aromatic rings. The quantitative estimate of drug-likeness (QED) is 0.885. The molecule has 3 heteroatoms. The molecule has 1 aromatic heterocycles. The Morgan fingerprint density at radius 2 is 2.06 bits per heavy atom. The Bertz CT molecular complexity index is 375. The minimum absolute atomic E-state index is 0.321. The first kappa shape index (κ1) is 12.1. The fourth-order valence-corrected chi connectivity index (χ4v) is 3.35. The number of nitrogens with one attached hydrogen (secondary N) is 1. The molecule has 1 N–H and O–H groups in total. The van der Waals surface area contributed by atoms with Crippen molar-refractivity contribution in [1.82, 2.24) is 15.3 Å². The summed E-state index contributed by atoms with van der Waals surface area (Å²) in [7, 11) is 0. The summed E-state index contributed by atoms with van der Waals surface area (Å²) in [6, 6.07) is 1.00. The van der Waals surface area contributed by atoms with Gasteiger partial charge in [0.15, 0.2) is 0 Å². The molecule has 2 saturated carbocycles. The molecule has 0 amide bonds. The molecular weight excluding hydrogens is 222 g/mol. The van der Waals surface area contributed by atoms with Crippen molar-refractivity contribution in [1.29, 1.82) is 0 Å². The highest BCUT2D eigenvalue weighted by Crippen LogP contribution is 2.44. The Morgan fingerprint density at radius 1 is 1.17 bits per heavy atom. The normalized spacial score (nSPS) is 30.1. The fourth-order valence-electron chi connectivity index (χ4n) is 3.35. The topological polar surface area (TPSA) is 37.8 Å². The number of rotatable bonds is 4. The zero-order valence-corrected chi connectivity index (χ0v) is 11.2. The van der Waals surface area contributed by atoms with Crippen molar-refractivity contribution in [3.63, 3.8) is 0 Å². The third-order valence-corrected chi connectivity index (χ3v) is 4.52. The SMILES string of the molecule is C[C@H](N[C@@H]1CCC[C@@H](C2CC2)C1)c1cnccn1. The van der Waals surface area contributed by atoms with E-state index in [1.54, 1.807) is 12.4 Å². The summed E-state index contributed by atoms with van der Waals surface area (Å²) in [5.41, 5.74) is 1.06. The standard InChI is InChI=1S/C15H23N3/c1-11(15-10-16-7-8-17-15)18-14-4-2-3-13(9-14)12-5-6-12/h7-8,10-14,18H,2-6,9H2,1H3/t11-,13+,14+/m0/s1. The van der Waals surface area contributed by atoms with E-state index < -0.39 is 0 Å². The van der Waals surface area contributed by atoms with E-state index in [1.807, 2.05) is 6.20 Å². The van der Waals surface area contributed by atoms with Gasteiger partial charge in [-0.2, -0.15) is 0 Å². The molecule has 3 atom stereocenters. The molecule has 2 aliphatic rings. The van der Waals surface area contributed by atoms with Crippen LogP contribution in [0.15, 0.2) is 18.6 Å². The fraction of sp³-hybridized carbons (Fsp3) is 0.733. The Hall–Kier alpha value is -0.960. The Kier molecular flexibility index (Phi) is 3.59. The zero-order valence-electron chi connectivity index (χ0n) is 11.2. The highest BCUT2D eigenvalue weighted by atomic mass is 15.0. The van der Waals surface area contributed by atoms with Crippen LogP contribution in [0.2, 0.25) is 0 Å². The summed E-state index contributed by atoms with van der Waals surface area (Å²) >= 11 is 0. The van der Waals surface area contributed by atoms with E-state index in [2.05, 4.69) is 22.2 Å². The van der Waals surface area contributed by atoms with Gasteiger partial charge in [-0.3, -0.25) is 9.97 Å². The maximum Gasteiger partial charge on any atom is 0.0753 e. The van der Waals surface area contributed by atoms with E-state index in [0.29, 0.717) is 12.1 Å². The van der Waals surface area contributed by atoms with Gasteiger partial charge in [-0.15, -0.1) is 0 Å². The van der Waals surface area contributed by atoms with Gasteiger partial charge in [0.2, 0.25) is 0 Å². The first-order chi connectivity index (χ1) is 8.83. The van der Waals surface area contributed by atoms with Gasteiger partial charge in [0.25, 0.3) is 0 Å². The second-order valence-electron chi connectivity index (χ2n) is 5.98.